The van der Waals surface area contributed by atoms with E-state index in [-0.39, 0.29) is 24.1 Å². The van der Waals surface area contributed by atoms with E-state index in [0.29, 0.717) is 23.7 Å². The molecule has 0 aliphatic rings. The third-order valence-electron chi connectivity index (χ3n) is 3.07. The summed E-state index contributed by atoms with van der Waals surface area (Å²) in [7, 11) is 0. The molecule has 0 bridgehead atoms. The summed E-state index contributed by atoms with van der Waals surface area (Å²) >= 11 is 5.91. The van der Waals surface area contributed by atoms with Crippen LogP contribution in [0.1, 0.15) is 24.4 Å². The lowest BCUT2D eigenvalue weighted by atomic mass is 10.2. The normalized spacial score (nSPS) is 10.6. The molecule has 112 valence electrons. The highest BCUT2D eigenvalue weighted by molar-refractivity contribution is 6.31. The summed E-state index contributed by atoms with van der Waals surface area (Å²) in [6, 6.07) is 6.80. The zero-order valence-electron chi connectivity index (χ0n) is 12.0. The molecule has 1 heterocycles. The number of halogens is 1. The summed E-state index contributed by atoms with van der Waals surface area (Å²) in [6.45, 7) is 4.62. The second kappa shape index (κ2) is 6.63. The minimum Gasteiger partial charge on any atom is -0.451 e. The predicted octanol–water partition coefficient (Wildman–Crippen LogP) is 2.68. The quantitative estimate of drug-likeness (QED) is 0.923. The van der Waals surface area contributed by atoms with E-state index in [1.807, 2.05) is 13.8 Å². The largest absolute Gasteiger partial charge is 0.451 e. The molecule has 0 saturated carbocycles. The molecule has 0 unspecified atom stereocenters. The molecule has 2 amide bonds. The van der Waals surface area contributed by atoms with Gasteiger partial charge in [0.25, 0.3) is 5.91 Å². The molecule has 1 aromatic heterocycles. The molecule has 21 heavy (non-hydrogen) atoms. The number of fused-ring (bicyclic) bond motifs is 1. The fourth-order valence-electron chi connectivity index (χ4n) is 2.03. The lowest BCUT2D eigenvalue weighted by Gasteiger charge is -2.18. The van der Waals surface area contributed by atoms with Crippen molar-refractivity contribution >= 4 is 34.4 Å². The Morgan fingerprint density at radius 2 is 2.05 bits per heavy atom. The van der Waals surface area contributed by atoms with Crippen molar-refractivity contribution in [1.29, 1.82) is 0 Å². The lowest BCUT2D eigenvalue weighted by Crippen LogP contribution is -2.40. The van der Waals surface area contributed by atoms with Gasteiger partial charge in [0.05, 0.1) is 6.54 Å². The number of nitrogens with one attached hydrogen (secondary N) is 1. The predicted molar refractivity (Wildman–Crippen MR) is 81.5 cm³/mol. The molecule has 0 aliphatic heterocycles. The molecule has 2 aromatic rings. The molecule has 5 nitrogen and oxygen atoms in total. The minimum atomic E-state index is -0.309. The van der Waals surface area contributed by atoms with Gasteiger partial charge in [-0.15, -0.1) is 0 Å². The van der Waals surface area contributed by atoms with E-state index < -0.39 is 0 Å². The second-order valence-electron chi connectivity index (χ2n) is 4.57. The van der Waals surface area contributed by atoms with E-state index in [0.717, 1.165) is 5.39 Å². The van der Waals surface area contributed by atoms with Crippen molar-refractivity contribution in [3.05, 3.63) is 35.0 Å². The average molecular weight is 309 g/mol. The zero-order chi connectivity index (χ0) is 15.4. The van der Waals surface area contributed by atoms with E-state index in [1.54, 1.807) is 24.3 Å². The highest BCUT2D eigenvalue weighted by Gasteiger charge is 2.20. The van der Waals surface area contributed by atoms with E-state index in [2.05, 4.69) is 5.32 Å². The van der Waals surface area contributed by atoms with Gasteiger partial charge in [-0.2, -0.15) is 0 Å². The molecule has 0 radical (unpaired) electrons. The lowest BCUT2D eigenvalue weighted by molar-refractivity contribution is -0.121. The Balaban J connectivity index is 2.20. The van der Waals surface area contributed by atoms with E-state index in [4.69, 9.17) is 16.0 Å². The topological polar surface area (TPSA) is 62.6 Å². The van der Waals surface area contributed by atoms with Crippen LogP contribution in [0, 0.1) is 0 Å². The number of hydrogen-bond donors (Lipinski definition) is 1. The third-order valence-corrected chi connectivity index (χ3v) is 3.30. The van der Waals surface area contributed by atoms with Crippen molar-refractivity contribution in [2.24, 2.45) is 0 Å². The van der Waals surface area contributed by atoms with Gasteiger partial charge in [-0.3, -0.25) is 9.59 Å². The SMILES string of the molecule is CCNC(=O)CN(CC)C(=O)c1cc2cc(Cl)ccc2o1. The van der Waals surface area contributed by atoms with Crippen LogP contribution in [0.4, 0.5) is 0 Å². The van der Waals surface area contributed by atoms with Crippen LogP contribution in [-0.4, -0.2) is 36.3 Å². The Hall–Kier alpha value is -2.01. The number of rotatable bonds is 5. The fourth-order valence-corrected chi connectivity index (χ4v) is 2.21. The van der Waals surface area contributed by atoms with Crippen molar-refractivity contribution < 1.29 is 14.0 Å². The second-order valence-corrected chi connectivity index (χ2v) is 5.00. The summed E-state index contributed by atoms with van der Waals surface area (Å²) in [5, 5.41) is 4.01. The standard InChI is InChI=1S/C15H17ClN2O3/c1-3-17-14(19)9-18(4-2)15(20)13-8-10-7-11(16)5-6-12(10)21-13/h5-8H,3-4,9H2,1-2H3,(H,17,19). The highest BCUT2D eigenvalue weighted by atomic mass is 35.5. The van der Waals surface area contributed by atoms with Crippen molar-refractivity contribution in [3.63, 3.8) is 0 Å². The fraction of sp³-hybridized carbons (Fsp3) is 0.333. The number of carbonyl (C=O) groups is 2. The summed E-state index contributed by atoms with van der Waals surface area (Å²) in [5.74, 6) is -0.290. The van der Waals surface area contributed by atoms with Gasteiger partial charge in [-0.1, -0.05) is 11.6 Å². The van der Waals surface area contributed by atoms with Crippen LogP contribution in [-0.2, 0) is 4.79 Å². The molecule has 1 aromatic carbocycles. The van der Waals surface area contributed by atoms with Crippen molar-refractivity contribution in [1.82, 2.24) is 10.2 Å². The third kappa shape index (κ3) is 3.55. The first-order chi connectivity index (χ1) is 10.0. The van der Waals surface area contributed by atoms with Crippen LogP contribution in [0.2, 0.25) is 5.02 Å². The maximum absolute atomic E-state index is 12.4. The van der Waals surface area contributed by atoms with Gasteiger partial charge < -0.3 is 14.6 Å². The van der Waals surface area contributed by atoms with Crippen LogP contribution in [0.15, 0.2) is 28.7 Å². The van der Waals surface area contributed by atoms with Crippen LogP contribution >= 0.6 is 11.6 Å². The highest BCUT2D eigenvalue weighted by Crippen LogP contribution is 2.23. The zero-order valence-corrected chi connectivity index (χ0v) is 12.7. The van der Waals surface area contributed by atoms with E-state index in [9.17, 15) is 9.59 Å². The Labute approximate surface area is 127 Å². The average Bonchev–Trinajstić information content (AvgIpc) is 2.87. The molecule has 0 aliphatic carbocycles. The first kappa shape index (κ1) is 15.4. The number of nitrogens with zero attached hydrogens (tertiary/aromatic N) is 1. The van der Waals surface area contributed by atoms with Gasteiger partial charge in [0.15, 0.2) is 5.76 Å². The van der Waals surface area contributed by atoms with Gasteiger partial charge in [-0.05, 0) is 38.1 Å². The maximum atomic E-state index is 12.4. The van der Waals surface area contributed by atoms with Crippen LogP contribution in [0.25, 0.3) is 11.0 Å². The minimum absolute atomic E-state index is 0.0149. The monoisotopic (exact) mass is 308 g/mol. The van der Waals surface area contributed by atoms with E-state index >= 15 is 0 Å². The number of carbonyl (C=O) groups excluding carboxylic acids is 2. The Morgan fingerprint density at radius 3 is 2.71 bits per heavy atom. The number of benzene rings is 1. The Morgan fingerprint density at radius 1 is 1.29 bits per heavy atom. The molecule has 0 saturated heterocycles. The van der Waals surface area contributed by atoms with E-state index in [1.165, 1.54) is 4.90 Å². The molecule has 2 rings (SSSR count). The number of furan rings is 1. The molecular formula is C15H17ClN2O3. The van der Waals surface area contributed by atoms with Crippen LogP contribution in [0.3, 0.4) is 0 Å². The first-order valence-electron chi connectivity index (χ1n) is 6.80. The summed E-state index contributed by atoms with van der Waals surface area (Å²) in [5.41, 5.74) is 0.594. The first-order valence-corrected chi connectivity index (χ1v) is 7.18. The summed E-state index contributed by atoms with van der Waals surface area (Å²) < 4.78 is 5.53. The molecule has 1 N–H and O–H groups in total. The number of likely N-dealkylation sites (N-methyl/N-ethyl adjacent to an activating group) is 2. The summed E-state index contributed by atoms with van der Waals surface area (Å²) in [6.07, 6.45) is 0. The maximum Gasteiger partial charge on any atom is 0.290 e. The van der Waals surface area contributed by atoms with Gasteiger partial charge in [-0.25, -0.2) is 0 Å². The smallest absolute Gasteiger partial charge is 0.290 e. The number of amides is 2. The molecular weight excluding hydrogens is 292 g/mol. The Kier molecular flexibility index (Phi) is 4.85. The van der Waals surface area contributed by atoms with Gasteiger partial charge in [0.2, 0.25) is 5.91 Å². The van der Waals surface area contributed by atoms with Gasteiger partial charge >= 0.3 is 0 Å². The van der Waals surface area contributed by atoms with Gasteiger partial charge in [0.1, 0.15) is 5.58 Å². The molecule has 0 fully saturated rings. The molecule has 0 atom stereocenters. The summed E-state index contributed by atoms with van der Waals surface area (Å²) in [4.78, 5) is 25.4. The molecule has 0 spiro atoms. The van der Waals surface area contributed by atoms with Crippen molar-refractivity contribution in [2.75, 3.05) is 19.6 Å². The van der Waals surface area contributed by atoms with Crippen molar-refractivity contribution in [2.45, 2.75) is 13.8 Å². The number of hydrogen-bond acceptors (Lipinski definition) is 3. The van der Waals surface area contributed by atoms with Crippen LogP contribution < -0.4 is 5.32 Å². The Bertz CT molecular complexity index is 666. The van der Waals surface area contributed by atoms with Crippen molar-refractivity contribution in [3.8, 4) is 0 Å². The molecule has 6 heteroatoms. The van der Waals surface area contributed by atoms with Crippen LogP contribution in [0.5, 0.6) is 0 Å². The van der Waals surface area contributed by atoms with Gasteiger partial charge in [0, 0.05) is 23.5 Å².